The van der Waals surface area contributed by atoms with Crippen LogP contribution in [0.2, 0.25) is 0 Å². The van der Waals surface area contributed by atoms with Crippen molar-refractivity contribution in [3.63, 3.8) is 0 Å². The van der Waals surface area contributed by atoms with Crippen LogP contribution in [0.5, 0.6) is 0 Å². The molecule has 1 aromatic carbocycles. The average Bonchev–Trinajstić information content (AvgIpc) is 2.53. The largest absolute Gasteiger partial charge is 0.374 e. The Morgan fingerprint density at radius 3 is 2.90 bits per heavy atom. The van der Waals surface area contributed by atoms with E-state index in [4.69, 9.17) is 4.74 Å². The van der Waals surface area contributed by atoms with E-state index in [1.165, 1.54) is 5.56 Å². The number of amides is 1. The number of morpholine rings is 1. The van der Waals surface area contributed by atoms with E-state index in [0.717, 1.165) is 32.7 Å². The molecule has 2 atom stereocenters. The molecule has 0 saturated carbocycles. The lowest BCUT2D eigenvalue weighted by Crippen LogP contribution is -2.47. The SMILES string of the molecule is CCC(C)C(=O)NCC1CN(Cc2ccccc2)CCO1. The maximum Gasteiger partial charge on any atom is 0.222 e. The number of carbonyl (C=O) groups is 1. The molecule has 1 aliphatic rings. The molecule has 0 spiro atoms. The Morgan fingerprint density at radius 2 is 2.19 bits per heavy atom. The Morgan fingerprint density at radius 1 is 1.43 bits per heavy atom. The molecule has 0 aromatic heterocycles. The number of hydrogen-bond acceptors (Lipinski definition) is 3. The summed E-state index contributed by atoms with van der Waals surface area (Å²) in [6, 6.07) is 10.5. The Kier molecular flexibility index (Phi) is 6.21. The van der Waals surface area contributed by atoms with Gasteiger partial charge in [-0.2, -0.15) is 0 Å². The van der Waals surface area contributed by atoms with Crippen molar-refractivity contribution in [1.29, 1.82) is 0 Å². The molecular weight excluding hydrogens is 264 g/mol. The van der Waals surface area contributed by atoms with Crippen molar-refractivity contribution >= 4 is 5.91 Å². The van der Waals surface area contributed by atoms with Gasteiger partial charge in [0.1, 0.15) is 0 Å². The van der Waals surface area contributed by atoms with E-state index in [0.29, 0.717) is 6.54 Å². The van der Waals surface area contributed by atoms with Gasteiger partial charge < -0.3 is 10.1 Å². The summed E-state index contributed by atoms with van der Waals surface area (Å²) in [6.45, 7) is 8.09. The van der Waals surface area contributed by atoms with Crippen LogP contribution >= 0.6 is 0 Å². The maximum atomic E-state index is 11.8. The van der Waals surface area contributed by atoms with Gasteiger partial charge in [0.2, 0.25) is 5.91 Å². The number of benzene rings is 1. The van der Waals surface area contributed by atoms with Gasteiger partial charge in [0.25, 0.3) is 0 Å². The molecule has 0 radical (unpaired) electrons. The molecular formula is C17H26N2O2. The highest BCUT2D eigenvalue weighted by molar-refractivity contribution is 5.78. The highest BCUT2D eigenvalue weighted by atomic mass is 16.5. The van der Waals surface area contributed by atoms with Crippen molar-refractivity contribution in [2.45, 2.75) is 32.9 Å². The Hall–Kier alpha value is -1.39. The minimum absolute atomic E-state index is 0.0778. The van der Waals surface area contributed by atoms with Crippen LogP contribution in [0, 0.1) is 5.92 Å². The van der Waals surface area contributed by atoms with Gasteiger partial charge >= 0.3 is 0 Å². The first kappa shape index (κ1) is 16.0. The minimum Gasteiger partial charge on any atom is -0.374 e. The van der Waals surface area contributed by atoms with Gasteiger partial charge in [-0.05, 0) is 12.0 Å². The molecule has 4 heteroatoms. The quantitative estimate of drug-likeness (QED) is 0.872. The highest BCUT2D eigenvalue weighted by Gasteiger charge is 2.21. The van der Waals surface area contributed by atoms with Crippen molar-refractivity contribution < 1.29 is 9.53 Å². The van der Waals surface area contributed by atoms with E-state index in [1.54, 1.807) is 0 Å². The summed E-state index contributed by atoms with van der Waals surface area (Å²) >= 11 is 0. The third kappa shape index (κ3) is 5.14. The lowest BCUT2D eigenvalue weighted by Gasteiger charge is -2.33. The summed E-state index contributed by atoms with van der Waals surface area (Å²) in [4.78, 5) is 14.2. The smallest absolute Gasteiger partial charge is 0.222 e. The summed E-state index contributed by atoms with van der Waals surface area (Å²) in [5.41, 5.74) is 1.32. The standard InChI is InChI=1S/C17H26N2O2/c1-3-14(2)17(20)18-11-16-13-19(9-10-21-16)12-15-7-5-4-6-8-15/h4-8,14,16H,3,9-13H2,1-2H3,(H,18,20). The number of nitrogens with zero attached hydrogens (tertiary/aromatic N) is 1. The first-order chi connectivity index (χ1) is 10.2. The van der Waals surface area contributed by atoms with Crippen LogP contribution in [-0.2, 0) is 16.1 Å². The molecule has 2 rings (SSSR count). The van der Waals surface area contributed by atoms with Crippen molar-refractivity contribution in [2.24, 2.45) is 5.92 Å². The lowest BCUT2D eigenvalue weighted by molar-refractivity contribution is -0.125. The predicted molar refractivity (Wildman–Crippen MR) is 83.9 cm³/mol. The number of hydrogen-bond donors (Lipinski definition) is 1. The van der Waals surface area contributed by atoms with E-state index in [9.17, 15) is 4.79 Å². The van der Waals surface area contributed by atoms with E-state index in [-0.39, 0.29) is 17.9 Å². The second kappa shape index (κ2) is 8.15. The molecule has 1 amide bonds. The third-order valence-corrected chi connectivity index (χ3v) is 4.04. The predicted octanol–water partition coefficient (Wildman–Crippen LogP) is 2.05. The van der Waals surface area contributed by atoms with Crippen LogP contribution in [0.4, 0.5) is 0 Å². The van der Waals surface area contributed by atoms with Crippen LogP contribution in [0.1, 0.15) is 25.8 Å². The minimum atomic E-state index is 0.0778. The van der Waals surface area contributed by atoms with Gasteiger partial charge in [0, 0.05) is 32.1 Å². The topological polar surface area (TPSA) is 41.6 Å². The van der Waals surface area contributed by atoms with Gasteiger partial charge in [0.15, 0.2) is 0 Å². The molecule has 0 aliphatic carbocycles. The fourth-order valence-corrected chi connectivity index (χ4v) is 2.46. The fourth-order valence-electron chi connectivity index (χ4n) is 2.46. The van der Waals surface area contributed by atoms with E-state index in [1.807, 2.05) is 19.9 Å². The molecule has 1 heterocycles. The first-order valence-corrected chi connectivity index (χ1v) is 7.84. The van der Waals surface area contributed by atoms with Crippen LogP contribution < -0.4 is 5.32 Å². The average molecular weight is 290 g/mol. The van der Waals surface area contributed by atoms with Gasteiger partial charge in [-0.25, -0.2) is 0 Å². The van der Waals surface area contributed by atoms with Crippen LogP contribution in [0.3, 0.4) is 0 Å². The van der Waals surface area contributed by atoms with Gasteiger partial charge in [0.05, 0.1) is 12.7 Å². The zero-order chi connectivity index (χ0) is 15.1. The summed E-state index contributed by atoms with van der Waals surface area (Å²) < 4.78 is 5.75. The zero-order valence-electron chi connectivity index (χ0n) is 13.0. The molecule has 2 unspecified atom stereocenters. The summed E-state index contributed by atoms with van der Waals surface area (Å²) in [5, 5.41) is 3.00. The number of carbonyl (C=O) groups excluding carboxylic acids is 1. The number of rotatable bonds is 6. The monoisotopic (exact) mass is 290 g/mol. The Bertz CT molecular complexity index is 436. The van der Waals surface area contributed by atoms with Gasteiger partial charge in [-0.15, -0.1) is 0 Å². The second-order valence-electron chi connectivity index (χ2n) is 5.77. The van der Waals surface area contributed by atoms with Crippen molar-refractivity contribution in [2.75, 3.05) is 26.2 Å². The maximum absolute atomic E-state index is 11.8. The fraction of sp³-hybridized carbons (Fsp3) is 0.588. The highest BCUT2D eigenvalue weighted by Crippen LogP contribution is 2.10. The summed E-state index contributed by atoms with van der Waals surface area (Å²) in [7, 11) is 0. The van der Waals surface area contributed by atoms with Gasteiger partial charge in [-0.1, -0.05) is 44.2 Å². The van der Waals surface area contributed by atoms with Gasteiger partial charge in [-0.3, -0.25) is 9.69 Å². The van der Waals surface area contributed by atoms with Crippen molar-refractivity contribution in [3.8, 4) is 0 Å². The van der Waals surface area contributed by atoms with E-state index in [2.05, 4.69) is 34.5 Å². The third-order valence-electron chi connectivity index (χ3n) is 4.04. The molecule has 1 aliphatic heterocycles. The molecule has 1 saturated heterocycles. The molecule has 4 nitrogen and oxygen atoms in total. The molecule has 1 fully saturated rings. The summed E-state index contributed by atoms with van der Waals surface area (Å²) in [5.74, 6) is 0.204. The first-order valence-electron chi connectivity index (χ1n) is 7.84. The zero-order valence-corrected chi connectivity index (χ0v) is 13.0. The molecule has 21 heavy (non-hydrogen) atoms. The summed E-state index contributed by atoms with van der Waals surface area (Å²) in [6.07, 6.45) is 0.966. The molecule has 116 valence electrons. The van der Waals surface area contributed by atoms with Crippen LogP contribution in [0.25, 0.3) is 0 Å². The molecule has 0 bridgehead atoms. The van der Waals surface area contributed by atoms with E-state index < -0.39 is 0 Å². The lowest BCUT2D eigenvalue weighted by atomic mass is 10.1. The van der Waals surface area contributed by atoms with Crippen LogP contribution in [-0.4, -0.2) is 43.2 Å². The second-order valence-corrected chi connectivity index (χ2v) is 5.77. The van der Waals surface area contributed by atoms with Crippen molar-refractivity contribution in [1.82, 2.24) is 10.2 Å². The van der Waals surface area contributed by atoms with E-state index >= 15 is 0 Å². The number of nitrogens with one attached hydrogen (secondary N) is 1. The molecule has 1 N–H and O–H groups in total. The van der Waals surface area contributed by atoms with Crippen LogP contribution in [0.15, 0.2) is 30.3 Å². The molecule has 1 aromatic rings. The Balaban J connectivity index is 1.77. The normalized spacial score (nSPS) is 21.0. The Labute approximate surface area is 127 Å². The number of ether oxygens (including phenoxy) is 1. The van der Waals surface area contributed by atoms with Crippen molar-refractivity contribution in [3.05, 3.63) is 35.9 Å².